The van der Waals surface area contributed by atoms with Crippen LogP contribution < -0.4 is 0 Å². The number of carbonyl (C=O) groups is 1. The van der Waals surface area contributed by atoms with Crippen LogP contribution in [0.1, 0.15) is 51.5 Å². The highest BCUT2D eigenvalue weighted by atomic mass is 16.2. The number of pyridine rings is 1. The first-order valence-corrected chi connectivity index (χ1v) is 12.2. The van der Waals surface area contributed by atoms with Crippen molar-refractivity contribution in [3.8, 4) is 22.5 Å². The summed E-state index contributed by atoms with van der Waals surface area (Å²) in [7, 11) is 0. The fourth-order valence-corrected chi connectivity index (χ4v) is 4.84. The highest BCUT2D eigenvalue weighted by Gasteiger charge is 2.28. The van der Waals surface area contributed by atoms with Gasteiger partial charge in [-0.3, -0.25) is 9.78 Å². The van der Waals surface area contributed by atoms with Crippen molar-refractivity contribution in [2.45, 2.75) is 39.5 Å². The van der Waals surface area contributed by atoms with E-state index in [0.29, 0.717) is 5.82 Å². The van der Waals surface area contributed by atoms with Crippen molar-refractivity contribution in [2.24, 2.45) is 0 Å². The van der Waals surface area contributed by atoms with Crippen LogP contribution in [0.25, 0.3) is 22.5 Å². The zero-order chi connectivity index (χ0) is 24.4. The average molecular weight is 463 g/mol. The van der Waals surface area contributed by atoms with Crippen molar-refractivity contribution in [1.29, 1.82) is 0 Å². The van der Waals surface area contributed by atoms with E-state index in [9.17, 15) is 4.79 Å². The van der Waals surface area contributed by atoms with Crippen LogP contribution in [0.4, 0.5) is 0 Å². The maximum Gasteiger partial charge on any atom is 0.253 e. The van der Waals surface area contributed by atoms with Gasteiger partial charge in [0.05, 0.1) is 5.69 Å². The summed E-state index contributed by atoms with van der Waals surface area (Å²) in [5.41, 5.74) is 8.54. The van der Waals surface area contributed by atoms with E-state index in [1.165, 1.54) is 11.1 Å². The molecule has 3 heterocycles. The van der Waals surface area contributed by atoms with Crippen LogP contribution in [-0.2, 0) is 0 Å². The Labute approximate surface area is 206 Å². The molecule has 1 aliphatic heterocycles. The van der Waals surface area contributed by atoms with Crippen LogP contribution in [-0.4, -0.2) is 38.8 Å². The Morgan fingerprint density at radius 1 is 0.857 bits per heavy atom. The van der Waals surface area contributed by atoms with Crippen molar-refractivity contribution >= 4 is 5.91 Å². The zero-order valence-corrected chi connectivity index (χ0v) is 20.5. The van der Waals surface area contributed by atoms with E-state index >= 15 is 0 Å². The average Bonchev–Trinajstić information content (AvgIpc) is 2.90. The lowest BCUT2D eigenvalue weighted by atomic mass is 9.87. The number of hydrogen-bond donors (Lipinski definition) is 0. The van der Waals surface area contributed by atoms with Crippen LogP contribution >= 0.6 is 0 Å². The topological polar surface area (TPSA) is 59.0 Å². The fraction of sp³-hybridized carbons (Fsp3) is 0.267. The highest BCUT2D eigenvalue weighted by molar-refractivity contribution is 5.94. The van der Waals surface area contributed by atoms with Crippen LogP contribution in [0, 0.1) is 20.8 Å². The van der Waals surface area contributed by atoms with Gasteiger partial charge in [0.25, 0.3) is 5.91 Å². The van der Waals surface area contributed by atoms with Gasteiger partial charge in [0.2, 0.25) is 0 Å². The Morgan fingerprint density at radius 2 is 1.66 bits per heavy atom. The van der Waals surface area contributed by atoms with Crippen LogP contribution in [0.15, 0.2) is 73.2 Å². The standard InChI is InChI=1S/C30H30N4O/c1-20-10-11-24(17-22(20)3)30(35)34-15-12-23(13-16-34)28-27(26-9-5-4-7-21(26)2)19-32-29(33-28)25-8-6-14-31-18-25/h4-11,14,17-19,23H,12-13,15-16H2,1-3H3. The molecule has 0 bridgehead atoms. The van der Waals surface area contributed by atoms with Crippen LogP contribution in [0.5, 0.6) is 0 Å². The Morgan fingerprint density at radius 3 is 2.37 bits per heavy atom. The summed E-state index contributed by atoms with van der Waals surface area (Å²) in [4.78, 5) is 29.2. The van der Waals surface area contributed by atoms with E-state index in [4.69, 9.17) is 9.97 Å². The predicted octanol–water partition coefficient (Wildman–Crippen LogP) is 6.15. The van der Waals surface area contributed by atoms with E-state index in [0.717, 1.165) is 59.4 Å². The number of nitrogens with zero attached hydrogens (tertiary/aromatic N) is 4. The molecule has 0 unspecified atom stereocenters. The smallest absolute Gasteiger partial charge is 0.253 e. The van der Waals surface area contributed by atoms with Gasteiger partial charge in [-0.2, -0.15) is 0 Å². The minimum absolute atomic E-state index is 0.115. The zero-order valence-electron chi connectivity index (χ0n) is 20.5. The van der Waals surface area contributed by atoms with E-state index in [2.05, 4.69) is 50.0 Å². The lowest BCUT2D eigenvalue weighted by molar-refractivity contribution is 0.0712. The monoisotopic (exact) mass is 462 g/mol. The van der Waals surface area contributed by atoms with E-state index < -0.39 is 0 Å². The lowest BCUT2D eigenvalue weighted by Crippen LogP contribution is -2.38. The van der Waals surface area contributed by atoms with Gasteiger partial charge < -0.3 is 4.90 Å². The van der Waals surface area contributed by atoms with Gasteiger partial charge in [-0.15, -0.1) is 0 Å². The third-order valence-corrected chi connectivity index (χ3v) is 7.10. The Kier molecular flexibility index (Phi) is 6.41. The summed E-state index contributed by atoms with van der Waals surface area (Å²) in [6.07, 6.45) is 7.27. The Bertz CT molecular complexity index is 1360. The minimum Gasteiger partial charge on any atom is -0.339 e. The van der Waals surface area contributed by atoms with Gasteiger partial charge in [-0.1, -0.05) is 30.3 Å². The molecule has 1 saturated heterocycles. The van der Waals surface area contributed by atoms with E-state index in [1.54, 1.807) is 12.4 Å². The number of benzene rings is 2. The number of aromatic nitrogens is 3. The van der Waals surface area contributed by atoms with Gasteiger partial charge in [0.1, 0.15) is 0 Å². The van der Waals surface area contributed by atoms with E-state index in [-0.39, 0.29) is 11.8 Å². The molecule has 2 aromatic carbocycles. The molecule has 0 atom stereocenters. The second-order valence-electron chi connectivity index (χ2n) is 9.41. The first-order valence-electron chi connectivity index (χ1n) is 12.2. The largest absolute Gasteiger partial charge is 0.339 e. The molecule has 0 radical (unpaired) electrons. The number of aryl methyl sites for hydroxylation is 3. The molecule has 0 aliphatic carbocycles. The highest BCUT2D eigenvalue weighted by Crippen LogP contribution is 2.36. The maximum atomic E-state index is 13.2. The molecule has 1 amide bonds. The number of amides is 1. The maximum absolute atomic E-state index is 13.2. The first-order chi connectivity index (χ1) is 17.0. The quantitative estimate of drug-likeness (QED) is 0.365. The SMILES string of the molecule is Cc1ccc(C(=O)N2CCC(c3nc(-c4cccnc4)ncc3-c3ccccc3C)CC2)cc1C. The van der Waals surface area contributed by atoms with Crippen LogP contribution in [0.3, 0.4) is 0 Å². The lowest BCUT2D eigenvalue weighted by Gasteiger charge is -2.33. The molecular weight excluding hydrogens is 432 g/mol. The predicted molar refractivity (Wildman–Crippen MR) is 139 cm³/mol. The molecule has 1 fully saturated rings. The molecule has 0 spiro atoms. The van der Waals surface area contributed by atoms with Gasteiger partial charge in [0, 0.05) is 54.3 Å². The molecule has 0 N–H and O–H groups in total. The second kappa shape index (κ2) is 9.79. The molecule has 0 saturated carbocycles. The molecule has 5 nitrogen and oxygen atoms in total. The van der Waals surface area contributed by atoms with Crippen molar-refractivity contribution in [3.63, 3.8) is 0 Å². The van der Waals surface area contributed by atoms with Gasteiger partial charge >= 0.3 is 0 Å². The van der Waals surface area contributed by atoms with Crippen molar-refractivity contribution in [1.82, 2.24) is 19.9 Å². The van der Waals surface area contributed by atoms with Crippen LogP contribution in [0.2, 0.25) is 0 Å². The van der Waals surface area contributed by atoms with Crippen molar-refractivity contribution in [2.75, 3.05) is 13.1 Å². The molecule has 1 aliphatic rings. The number of carbonyl (C=O) groups excluding carboxylic acids is 1. The number of piperidine rings is 1. The summed E-state index contributed by atoms with van der Waals surface area (Å²) in [5, 5.41) is 0. The first kappa shape index (κ1) is 22.9. The molecule has 4 aromatic rings. The molecule has 5 heteroatoms. The molecule has 35 heavy (non-hydrogen) atoms. The van der Waals surface area contributed by atoms with Crippen molar-refractivity contribution in [3.05, 3.63) is 101 Å². The number of rotatable bonds is 4. The molecular formula is C30H30N4O. The summed E-state index contributed by atoms with van der Waals surface area (Å²) >= 11 is 0. The molecule has 5 rings (SSSR count). The summed E-state index contributed by atoms with van der Waals surface area (Å²) in [6.45, 7) is 7.69. The summed E-state index contributed by atoms with van der Waals surface area (Å²) in [6, 6.07) is 18.3. The van der Waals surface area contributed by atoms with Gasteiger partial charge in [-0.05, 0) is 80.1 Å². The molecule has 176 valence electrons. The third kappa shape index (κ3) is 4.72. The number of likely N-dealkylation sites (tertiary alicyclic amines) is 1. The Balaban J connectivity index is 1.44. The summed E-state index contributed by atoms with van der Waals surface area (Å²) in [5.74, 6) is 1.07. The Hall–Kier alpha value is -3.86. The van der Waals surface area contributed by atoms with Gasteiger partial charge in [-0.25, -0.2) is 9.97 Å². The van der Waals surface area contributed by atoms with Crippen molar-refractivity contribution < 1.29 is 4.79 Å². The molecule has 2 aromatic heterocycles. The van der Waals surface area contributed by atoms with Gasteiger partial charge in [0.15, 0.2) is 5.82 Å². The van der Waals surface area contributed by atoms with E-state index in [1.807, 2.05) is 41.4 Å². The third-order valence-electron chi connectivity index (χ3n) is 7.10. The second-order valence-corrected chi connectivity index (χ2v) is 9.41. The minimum atomic E-state index is 0.115. The summed E-state index contributed by atoms with van der Waals surface area (Å²) < 4.78 is 0. The number of hydrogen-bond acceptors (Lipinski definition) is 4. The fourth-order valence-electron chi connectivity index (χ4n) is 4.84. The normalized spacial score (nSPS) is 14.2.